The van der Waals surface area contributed by atoms with E-state index in [4.69, 9.17) is 4.74 Å². The summed E-state index contributed by atoms with van der Waals surface area (Å²) in [6, 6.07) is 3.91. The van der Waals surface area contributed by atoms with Crippen LogP contribution in [-0.2, 0) is 0 Å². The summed E-state index contributed by atoms with van der Waals surface area (Å²) in [5, 5.41) is 0. The van der Waals surface area contributed by atoms with Crippen molar-refractivity contribution in [3.63, 3.8) is 0 Å². The Morgan fingerprint density at radius 1 is 1.29 bits per heavy atom. The smallest absolute Gasteiger partial charge is 0.496 e. The molecular weight excluding hydrogens is 312 g/mol. The zero-order chi connectivity index (χ0) is 10.8. The van der Waals surface area contributed by atoms with Crippen LogP contribution in [0, 0.1) is 3.57 Å². The lowest BCUT2D eigenvalue weighted by molar-refractivity contribution is -0.274. The second kappa shape index (κ2) is 4.24. The summed E-state index contributed by atoms with van der Waals surface area (Å²) >= 11 is 1.95. The third kappa shape index (κ3) is 3.24. The number of benzene rings is 1. The van der Waals surface area contributed by atoms with Gasteiger partial charge < -0.3 is 9.47 Å². The van der Waals surface area contributed by atoms with Crippen molar-refractivity contribution in [2.45, 2.75) is 6.36 Å². The molecule has 1 aromatic carbocycles. The Morgan fingerprint density at radius 3 is 2.43 bits per heavy atom. The lowest BCUT2D eigenvalue weighted by atomic mass is 10.3. The fraction of sp³-hybridized carbons (Fsp3) is 0.250. The third-order valence-electron chi connectivity index (χ3n) is 1.36. The van der Waals surface area contributed by atoms with Gasteiger partial charge in [-0.2, -0.15) is 0 Å². The van der Waals surface area contributed by atoms with E-state index in [9.17, 15) is 13.2 Å². The zero-order valence-electron chi connectivity index (χ0n) is 7.06. The monoisotopic (exact) mass is 318 g/mol. The van der Waals surface area contributed by atoms with E-state index in [-0.39, 0.29) is 5.75 Å². The van der Waals surface area contributed by atoms with Crippen molar-refractivity contribution in [2.75, 3.05) is 7.11 Å². The van der Waals surface area contributed by atoms with E-state index in [1.165, 1.54) is 25.3 Å². The highest BCUT2D eigenvalue weighted by molar-refractivity contribution is 14.1. The SMILES string of the molecule is COc1cc(OC(F)(F)F)ccc1I. The molecule has 1 aromatic rings. The molecular formula is C8H6F3IO2. The van der Waals surface area contributed by atoms with Gasteiger partial charge >= 0.3 is 6.36 Å². The van der Waals surface area contributed by atoms with Gasteiger partial charge in [0.15, 0.2) is 0 Å². The fourth-order valence-corrected chi connectivity index (χ4v) is 1.39. The minimum Gasteiger partial charge on any atom is -0.496 e. The highest BCUT2D eigenvalue weighted by Gasteiger charge is 2.31. The van der Waals surface area contributed by atoms with Gasteiger partial charge in [0.2, 0.25) is 0 Å². The molecule has 0 bridgehead atoms. The normalized spacial score (nSPS) is 11.2. The van der Waals surface area contributed by atoms with Crippen molar-refractivity contribution in [1.29, 1.82) is 0 Å². The molecule has 6 heteroatoms. The first kappa shape index (κ1) is 11.4. The van der Waals surface area contributed by atoms with E-state index in [1.807, 2.05) is 22.6 Å². The first-order valence-corrected chi connectivity index (χ1v) is 4.59. The first-order chi connectivity index (χ1) is 6.42. The lowest BCUT2D eigenvalue weighted by Gasteiger charge is -2.10. The van der Waals surface area contributed by atoms with E-state index >= 15 is 0 Å². The summed E-state index contributed by atoms with van der Waals surface area (Å²) in [5.74, 6) is 0.0714. The second-order valence-electron chi connectivity index (χ2n) is 2.34. The number of alkyl halides is 3. The standard InChI is InChI=1S/C8H6F3IO2/c1-13-7-4-5(2-3-6(7)12)14-8(9,10)11/h2-4H,1H3. The third-order valence-corrected chi connectivity index (χ3v) is 2.25. The molecule has 2 nitrogen and oxygen atoms in total. The molecule has 0 saturated carbocycles. The molecule has 0 fully saturated rings. The van der Waals surface area contributed by atoms with Crippen LogP contribution in [0.15, 0.2) is 18.2 Å². The van der Waals surface area contributed by atoms with Crippen LogP contribution in [0.5, 0.6) is 11.5 Å². The molecule has 0 atom stereocenters. The van der Waals surface area contributed by atoms with Crippen molar-refractivity contribution in [3.05, 3.63) is 21.8 Å². The van der Waals surface area contributed by atoms with Gasteiger partial charge in [-0.3, -0.25) is 0 Å². The van der Waals surface area contributed by atoms with Gasteiger partial charge in [-0.15, -0.1) is 13.2 Å². The molecule has 0 heterocycles. The molecule has 0 N–H and O–H groups in total. The summed E-state index contributed by atoms with van der Waals surface area (Å²) < 4.78 is 44.7. The van der Waals surface area contributed by atoms with Crippen LogP contribution in [0.3, 0.4) is 0 Å². The van der Waals surface area contributed by atoms with Gasteiger partial charge in [-0.1, -0.05) is 0 Å². The van der Waals surface area contributed by atoms with E-state index < -0.39 is 6.36 Å². The van der Waals surface area contributed by atoms with Gasteiger partial charge in [0.25, 0.3) is 0 Å². The van der Waals surface area contributed by atoms with Crippen molar-refractivity contribution in [2.24, 2.45) is 0 Å². The van der Waals surface area contributed by atoms with Crippen LogP contribution < -0.4 is 9.47 Å². The number of hydrogen-bond acceptors (Lipinski definition) is 2. The van der Waals surface area contributed by atoms with Crippen molar-refractivity contribution >= 4 is 22.6 Å². The highest BCUT2D eigenvalue weighted by Crippen LogP contribution is 2.29. The molecule has 0 aliphatic rings. The second-order valence-corrected chi connectivity index (χ2v) is 3.51. The molecule has 0 aromatic heterocycles. The molecule has 14 heavy (non-hydrogen) atoms. The summed E-state index contributed by atoms with van der Waals surface area (Å²) in [6.45, 7) is 0. The van der Waals surface area contributed by atoms with Gasteiger partial charge in [0, 0.05) is 6.07 Å². The molecule has 1 rings (SSSR count). The largest absolute Gasteiger partial charge is 0.573 e. The fourth-order valence-electron chi connectivity index (χ4n) is 0.837. The molecule has 0 saturated heterocycles. The maximum absolute atomic E-state index is 11.8. The Hall–Kier alpha value is -0.660. The molecule has 78 valence electrons. The molecule has 0 aliphatic heterocycles. The number of halogens is 4. The lowest BCUT2D eigenvalue weighted by Crippen LogP contribution is -2.17. The predicted molar refractivity (Wildman–Crippen MR) is 52.4 cm³/mol. The minimum absolute atomic E-state index is 0.283. The van der Waals surface area contributed by atoms with E-state index in [2.05, 4.69) is 4.74 Å². The maximum Gasteiger partial charge on any atom is 0.573 e. The Bertz CT molecular complexity index is 325. The predicted octanol–water partition coefficient (Wildman–Crippen LogP) is 3.20. The summed E-state index contributed by atoms with van der Waals surface area (Å²) in [5.41, 5.74) is 0. The van der Waals surface area contributed by atoms with Crippen molar-refractivity contribution in [3.8, 4) is 11.5 Å². The Balaban J connectivity index is 2.90. The summed E-state index contributed by atoms with van der Waals surface area (Å²) in [6.07, 6.45) is -4.67. The van der Waals surface area contributed by atoms with Crippen molar-refractivity contribution in [1.82, 2.24) is 0 Å². The van der Waals surface area contributed by atoms with Gasteiger partial charge in [0.05, 0.1) is 10.7 Å². The molecule has 0 aliphatic carbocycles. The van der Waals surface area contributed by atoms with Gasteiger partial charge in [-0.25, -0.2) is 0 Å². The molecule has 0 unspecified atom stereocenters. The van der Waals surface area contributed by atoms with E-state index in [1.54, 1.807) is 0 Å². The maximum atomic E-state index is 11.8. The summed E-state index contributed by atoms with van der Waals surface area (Å²) in [4.78, 5) is 0. The van der Waals surface area contributed by atoms with Crippen LogP contribution in [0.25, 0.3) is 0 Å². The zero-order valence-corrected chi connectivity index (χ0v) is 9.22. The van der Waals surface area contributed by atoms with Crippen molar-refractivity contribution < 1.29 is 22.6 Å². The van der Waals surface area contributed by atoms with Gasteiger partial charge in [0.1, 0.15) is 11.5 Å². The average molecular weight is 318 g/mol. The van der Waals surface area contributed by atoms with Crippen LogP contribution >= 0.6 is 22.6 Å². The highest BCUT2D eigenvalue weighted by atomic mass is 127. The van der Waals surface area contributed by atoms with Crippen LogP contribution in [-0.4, -0.2) is 13.5 Å². The Kier molecular flexibility index (Phi) is 3.46. The quantitative estimate of drug-likeness (QED) is 0.780. The van der Waals surface area contributed by atoms with Crippen LogP contribution in [0.4, 0.5) is 13.2 Å². The van der Waals surface area contributed by atoms with Crippen LogP contribution in [0.2, 0.25) is 0 Å². The molecule has 0 amide bonds. The minimum atomic E-state index is -4.67. The van der Waals surface area contributed by atoms with E-state index in [0.717, 1.165) is 3.57 Å². The number of methoxy groups -OCH3 is 1. The summed E-state index contributed by atoms with van der Waals surface area (Å²) in [7, 11) is 1.38. The molecule has 0 spiro atoms. The topological polar surface area (TPSA) is 18.5 Å². The number of hydrogen-bond donors (Lipinski definition) is 0. The number of rotatable bonds is 2. The average Bonchev–Trinajstić information content (AvgIpc) is 2.06. The first-order valence-electron chi connectivity index (χ1n) is 3.51. The Morgan fingerprint density at radius 2 is 1.93 bits per heavy atom. The van der Waals surface area contributed by atoms with E-state index in [0.29, 0.717) is 5.75 Å². The Labute approximate surface area is 92.1 Å². The number of ether oxygens (including phenoxy) is 2. The molecule has 0 radical (unpaired) electrons. The van der Waals surface area contributed by atoms with Gasteiger partial charge in [-0.05, 0) is 34.7 Å². The van der Waals surface area contributed by atoms with Crippen LogP contribution in [0.1, 0.15) is 0 Å².